The lowest BCUT2D eigenvalue weighted by Crippen LogP contribution is -2.26. The number of carbonyl (C=O) groups excluding carboxylic acids is 1. The summed E-state index contributed by atoms with van der Waals surface area (Å²) < 4.78 is 0.875. The summed E-state index contributed by atoms with van der Waals surface area (Å²) in [5, 5.41) is 9.07. The Morgan fingerprint density at radius 1 is 1.40 bits per heavy atom. The fourth-order valence-corrected chi connectivity index (χ4v) is 3.32. The van der Waals surface area contributed by atoms with Gasteiger partial charge in [0, 0.05) is 7.05 Å². The molecule has 102 valence electrons. The minimum atomic E-state index is -0.131. The summed E-state index contributed by atoms with van der Waals surface area (Å²) >= 11 is 13.0. The number of ketones is 1. The van der Waals surface area contributed by atoms with Gasteiger partial charge in [-0.2, -0.15) is 5.26 Å². The standard InChI is InChI=1S/C14H10Cl2N2OS/c1-18(11-5-3-2-4-9(11)7-17)8-12(19)10-6-13(15)20-14(10)16/h2-6H,8H2,1H3. The molecule has 0 amide bonds. The van der Waals surface area contributed by atoms with Gasteiger partial charge in [0.25, 0.3) is 0 Å². The van der Waals surface area contributed by atoms with Gasteiger partial charge in [-0.15, -0.1) is 11.3 Å². The van der Waals surface area contributed by atoms with E-state index in [1.165, 1.54) is 11.3 Å². The van der Waals surface area contributed by atoms with Crippen molar-refractivity contribution in [2.75, 3.05) is 18.5 Å². The Labute approximate surface area is 131 Å². The zero-order valence-corrected chi connectivity index (χ0v) is 12.9. The number of thiophene rings is 1. The van der Waals surface area contributed by atoms with Crippen LogP contribution in [0.3, 0.4) is 0 Å². The molecule has 3 nitrogen and oxygen atoms in total. The Kier molecular flexibility index (Phi) is 4.66. The van der Waals surface area contributed by atoms with Crippen LogP contribution in [-0.2, 0) is 0 Å². The molecule has 1 aromatic carbocycles. The van der Waals surface area contributed by atoms with Crippen LogP contribution in [0.2, 0.25) is 8.67 Å². The van der Waals surface area contributed by atoms with E-state index in [1.54, 1.807) is 36.2 Å². The molecule has 0 N–H and O–H groups in total. The summed E-state index contributed by atoms with van der Waals surface area (Å²) in [4.78, 5) is 13.9. The van der Waals surface area contributed by atoms with E-state index in [2.05, 4.69) is 6.07 Å². The maximum atomic E-state index is 12.2. The average Bonchev–Trinajstić information content (AvgIpc) is 2.77. The number of halogens is 2. The van der Waals surface area contributed by atoms with E-state index in [0.717, 1.165) is 0 Å². The van der Waals surface area contributed by atoms with Crippen molar-refractivity contribution in [2.24, 2.45) is 0 Å². The van der Waals surface area contributed by atoms with Crippen molar-refractivity contribution in [2.45, 2.75) is 0 Å². The molecule has 0 aliphatic carbocycles. The van der Waals surface area contributed by atoms with Gasteiger partial charge in [-0.25, -0.2) is 0 Å². The Bertz CT molecular complexity index is 691. The second kappa shape index (κ2) is 6.27. The second-order valence-electron chi connectivity index (χ2n) is 4.15. The first-order chi connectivity index (χ1) is 9.52. The molecule has 0 aliphatic rings. The lowest BCUT2D eigenvalue weighted by atomic mass is 10.1. The first kappa shape index (κ1) is 14.9. The molecule has 20 heavy (non-hydrogen) atoms. The molecule has 2 aromatic rings. The fraction of sp³-hybridized carbons (Fsp3) is 0.143. The molecular formula is C14H10Cl2N2OS. The fourth-order valence-electron chi connectivity index (χ4n) is 1.82. The Morgan fingerprint density at radius 2 is 2.10 bits per heavy atom. The van der Waals surface area contributed by atoms with Gasteiger partial charge >= 0.3 is 0 Å². The molecule has 0 radical (unpaired) electrons. The topological polar surface area (TPSA) is 44.1 Å². The third-order valence-corrected chi connectivity index (χ3v) is 4.26. The highest BCUT2D eigenvalue weighted by Crippen LogP contribution is 2.31. The van der Waals surface area contributed by atoms with Gasteiger partial charge in [0.1, 0.15) is 10.4 Å². The van der Waals surface area contributed by atoms with Crippen molar-refractivity contribution in [3.63, 3.8) is 0 Å². The van der Waals surface area contributed by atoms with E-state index in [9.17, 15) is 4.79 Å². The molecule has 0 atom stereocenters. The van der Waals surface area contributed by atoms with Gasteiger partial charge in [0.2, 0.25) is 0 Å². The number of rotatable bonds is 4. The molecular weight excluding hydrogens is 315 g/mol. The molecule has 1 aromatic heterocycles. The van der Waals surface area contributed by atoms with Crippen LogP contribution in [0.15, 0.2) is 30.3 Å². The predicted molar refractivity (Wildman–Crippen MR) is 83.1 cm³/mol. The average molecular weight is 325 g/mol. The van der Waals surface area contributed by atoms with E-state index < -0.39 is 0 Å². The largest absolute Gasteiger partial charge is 0.366 e. The van der Waals surface area contributed by atoms with Crippen molar-refractivity contribution in [1.82, 2.24) is 0 Å². The third-order valence-electron chi connectivity index (χ3n) is 2.77. The molecule has 0 unspecified atom stereocenters. The molecule has 0 saturated heterocycles. The minimum absolute atomic E-state index is 0.130. The molecule has 0 bridgehead atoms. The van der Waals surface area contributed by atoms with Crippen molar-refractivity contribution in [3.8, 4) is 6.07 Å². The number of Topliss-reactive ketones (excluding diaryl/α,β-unsaturated/α-hetero) is 1. The summed E-state index contributed by atoms with van der Waals surface area (Å²) in [6.45, 7) is 0.130. The summed E-state index contributed by atoms with van der Waals surface area (Å²) in [5.41, 5.74) is 1.65. The smallest absolute Gasteiger partial charge is 0.184 e. The Hall–Kier alpha value is -1.54. The third kappa shape index (κ3) is 3.13. The summed E-state index contributed by atoms with van der Waals surface area (Å²) in [5.74, 6) is -0.131. The number of carbonyl (C=O) groups is 1. The molecule has 1 heterocycles. The molecule has 0 spiro atoms. The highest BCUT2D eigenvalue weighted by molar-refractivity contribution is 7.20. The maximum absolute atomic E-state index is 12.2. The molecule has 6 heteroatoms. The van der Waals surface area contributed by atoms with E-state index in [4.69, 9.17) is 28.5 Å². The highest BCUT2D eigenvalue weighted by Gasteiger charge is 2.17. The first-order valence-electron chi connectivity index (χ1n) is 5.71. The van der Waals surface area contributed by atoms with Gasteiger partial charge in [-0.3, -0.25) is 4.79 Å². The molecule has 0 saturated carbocycles. The maximum Gasteiger partial charge on any atom is 0.184 e. The van der Waals surface area contributed by atoms with Gasteiger partial charge < -0.3 is 4.90 Å². The summed E-state index contributed by atoms with van der Waals surface area (Å²) in [6, 6.07) is 10.8. The molecule has 0 aliphatic heterocycles. The number of nitriles is 1. The number of nitrogens with zero attached hydrogens (tertiary/aromatic N) is 2. The van der Waals surface area contributed by atoms with E-state index >= 15 is 0 Å². The van der Waals surface area contributed by atoms with E-state index in [-0.39, 0.29) is 12.3 Å². The minimum Gasteiger partial charge on any atom is -0.366 e. The normalized spacial score (nSPS) is 10.1. The summed E-state index contributed by atoms with van der Waals surface area (Å²) in [7, 11) is 1.76. The summed E-state index contributed by atoms with van der Waals surface area (Å²) in [6.07, 6.45) is 0. The van der Waals surface area contributed by atoms with Crippen molar-refractivity contribution >= 4 is 46.0 Å². The predicted octanol–water partition coefficient (Wildman–Crippen LogP) is 4.25. The van der Waals surface area contributed by atoms with E-state index in [1.807, 2.05) is 6.07 Å². The van der Waals surface area contributed by atoms with Gasteiger partial charge in [0.05, 0.1) is 27.7 Å². The van der Waals surface area contributed by atoms with Crippen LogP contribution in [0.1, 0.15) is 15.9 Å². The SMILES string of the molecule is CN(CC(=O)c1cc(Cl)sc1Cl)c1ccccc1C#N. The number of anilines is 1. The van der Waals surface area contributed by atoms with Gasteiger partial charge in [0.15, 0.2) is 5.78 Å². The van der Waals surface area contributed by atoms with E-state index in [0.29, 0.717) is 25.5 Å². The van der Waals surface area contributed by atoms with Crippen LogP contribution < -0.4 is 4.90 Å². The van der Waals surface area contributed by atoms with Crippen LogP contribution in [0, 0.1) is 11.3 Å². The number of hydrogen-bond acceptors (Lipinski definition) is 4. The molecule has 2 rings (SSSR count). The van der Waals surface area contributed by atoms with Crippen LogP contribution >= 0.6 is 34.5 Å². The monoisotopic (exact) mass is 324 g/mol. The Morgan fingerprint density at radius 3 is 2.70 bits per heavy atom. The zero-order valence-electron chi connectivity index (χ0n) is 10.6. The first-order valence-corrected chi connectivity index (χ1v) is 7.28. The van der Waals surface area contributed by atoms with Crippen LogP contribution in [0.5, 0.6) is 0 Å². The number of benzene rings is 1. The van der Waals surface area contributed by atoms with Gasteiger partial charge in [-0.05, 0) is 18.2 Å². The Balaban J connectivity index is 2.20. The second-order valence-corrected chi connectivity index (χ2v) is 6.43. The van der Waals surface area contributed by atoms with Gasteiger partial charge in [-0.1, -0.05) is 35.3 Å². The van der Waals surface area contributed by atoms with Crippen LogP contribution in [0.25, 0.3) is 0 Å². The van der Waals surface area contributed by atoms with Crippen molar-refractivity contribution < 1.29 is 4.79 Å². The van der Waals surface area contributed by atoms with Crippen LogP contribution in [-0.4, -0.2) is 19.4 Å². The zero-order chi connectivity index (χ0) is 14.7. The lowest BCUT2D eigenvalue weighted by Gasteiger charge is -2.19. The highest BCUT2D eigenvalue weighted by atomic mass is 35.5. The van der Waals surface area contributed by atoms with Crippen molar-refractivity contribution in [1.29, 1.82) is 5.26 Å². The van der Waals surface area contributed by atoms with Crippen molar-refractivity contribution in [3.05, 3.63) is 50.1 Å². The number of hydrogen-bond donors (Lipinski definition) is 0. The number of para-hydroxylation sites is 1. The lowest BCUT2D eigenvalue weighted by molar-refractivity contribution is 0.100. The van der Waals surface area contributed by atoms with Crippen LogP contribution in [0.4, 0.5) is 5.69 Å². The number of likely N-dealkylation sites (N-methyl/N-ethyl adjacent to an activating group) is 1. The molecule has 0 fully saturated rings. The quantitative estimate of drug-likeness (QED) is 0.790.